The Morgan fingerprint density at radius 3 is 2.67 bits per heavy atom. The van der Waals surface area contributed by atoms with E-state index in [2.05, 4.69) is 19.2 Å². The van der Waals surface area contributed by atoms with Crippen LogP contribution in [0.5, 0.6) is 0 Å². The topological polar surface area (TPSA) is 12.0 Å². The van der Waals surface area contributed by atoms with E-state index in [4.69, 9.17) is 0 Å². The molecule has 18 heavy (non-hydrogen) atoms. The second-order valence-corrected chi connectivity index (χ2v) is 5.58. The predicted octanol–water partition coefficient (Wildman–Crippen LogP) is 3.88. The van der Waals surface area contributed by atoms with Gasteiger partial charge in [0.2, 0.25) is 0 Å². The van der Waals surface area contributed by atoms with Crippen molar-refractivity contribution >= 4 is 0 Å². The summed E-state index contributed by atoms with van der Waals surface area (Å²) in [4.78, 5) is 0. The average molecular weight is 253 g/mol. The highest BCUT2D eigenvalue weighted by atomic mass is 19.1. The molecule has 0 spiro atoms. The van der Waals surface area contributed by atoms with E-state index in [1.807, 2.05) is 0 Å². The van der Waals surface area contributed by atoms with Gasteiger partial charge in [-0.2, -0.15) is 0 Å². The Labute approximate surface area is 108 Å². The third kappa shape index (κ3) is 3.29. The molecule has 0 bridgehead atoms. The molecule has 1 aromatic rings. The van der Waals surface area contributed by atoms with Crippen molar-refractivity contribution in [1.82, 2.24) is 5.32 Å². The van der Waals surface area contributed by atoms with Gasteiger partial charge in [-0.05, 0) is 49.3 Å². The van der Waals surface area contributed by atoms with Crippen molar-refractivity contribution in [2.24, 2.45) is 11.8 Å². The summed E-state index contributed by atoms with van der Waals surface area (Å²) in [5, 5.41) is 3.35. The maximum absolute atomic E-state index is 13.5. The van der Waals surface area contributed by atoms with Gasteiger partial charge >= 0.3 is 0 Å². The molecule has 1 saturated carbocycles. The second kappa shape index (κ2) is 5.79. The summed E-state index contributed by atoms with van der Waals surface area (Å²) in [5.74, 6) is 0.766. The monoisotopic (exact) mass is 253 g/mol. The molecule has 1 aromatic carbocycles. The van der Waals surface area contributed by atoms with Crippen LogP contribution in [-0.2, 0) is 6.54 Å². The fourth-order valence-corrected chi connectivity index (χ4v) is 2.67. The smallest absolute Gasteiger partial charge is 0.127 e. The largest absolute Gasteiger partial charge is 0.310 e. The van der Waals surface area contributed by atoms with E-state index < -0.39 is 0 Å². The van der Waals surface area contributed by atoms with E-state index >= 15 is 0 Å². The van der Waals surface area contributed by atoms with Crippen LogP contribution in [0.2, 0.25) is 0 Å². The van der Waals surface area contributed by atoms with Crippen molar-refractivity contribution < 1.29 is 8.78 Å². The van der Waals surface area contributed by atoms with Crippen LogP contribution in [0.15, 0.2) is 18.2 Å². The van der Waals surface area contributed by atoms with Crippen LogP contribution in [-0.4, -0.2) is 6.04 Å². The zero-order valence-corrected chi connectivity index (χ0v) is 11.0. The highest BCUT2D eigenvalue weighted by Crippen LogP contribution is 2.29. The maximum Gasteiger partial charge on any atom is 0.127 e. The highest BCUT2D eigenvalue weighted by Gasteiger charge is 2.24. The van der Waals surface area contributed by atoms with Gasteiger partial charge in [0, 0.05) is 18.2 Å². The van der Waals surface area contributed by atoms with E-state index in [1.54, 1.807) is 0 Å². The van der Waals surface area contributed by atoms with Crippen LogP contribution >= 0.6 is 0 Å². The van der Waals surface area contributed by atoms with Crippen LogP contribution in [0.4, 0.5) is 8.78 Å². The molecule has 0 amide bonds. The molecule has 3 heteroatoms. The molecule has 3 atom stereocenters. The molecule has 0 heterocycles. The molecule has 0 saturated heterocycles. The van der Waals surface area contributed by atoms with Crippen LogP contribution in [0, 0.1) is 23.5 Å². The van der Waals surface area contributed by atoms with E-state index in [0.717, 1.165) is 24.8 Å². The highest BCUT2D eigenvalue weighted by molar-refractivity contribution is 5.18. The second-order valence-electron chi connectivity index (χ2n) is 5.58. The standard InChI is InChI=1S/C15H21F2N/c1-10-3-5-14(7-11(10)2)18-9-12-8-13(16)4-6-15(12)17/h4,6,8,10-11,14,18H,3,5,7,9H2,1-2H3. The Bertz CT molecular complexity index is 405. The number of hydrogen-bond acceptors (Lipinski definition) is 1. The third-order valence-corrected chi connectivity index (χ3v) is 4.19. The number of hydrogen-bond donors (Lipinski definition) is 1. The summed E-state index contributed by atoms with van der Waals surface area (Å²) in [6, 6.07) is 4.05. The zero-order chi connectivity index (χ0) is 13.1. The third-order valence-electron chi connectivity index (χ3n) is 4.19. The van der Waals surface area contributed by atoms with Crippen molar-refractivity contribution in [1.29, 1.82) is 0 Å². The molecule has 1 N–H and O–H groups in total. The number of halogens is 2. The Morgan fingerprint density at radius 2 is 1.94 bits per heavy atom. The summed E-state index contributed by atoms with van der Waals surface area (Å²) >= 11 is 0. The lowest BCUT2D eigenvalue weighted by Gasteiger charge is -2.32. The summed E-state index contributed by atoms with van der Waals surface area (Å²) in [6.45, 7) is 4.96. The molecule has 2 rings (SSSR count). The molecule has 0 radical (unpaired) electrons. The van der Waals surface area contributed by atoms with Gasteiger partial charge in [0.1, 0.15) is 11.6 Å². The van der Waals surface area contributed by atoms with E-state index in [1.165, 1.54) is 18.6 Å². The molecular formula is C15H21F2N. The molecule has 1 nitrogen and oxygen atoms in total. The van der Waals surface area contributed by atoms with Crippen LogP contribution in [0.1, 0.15) is 38.7 Å². The quantitative estimate of drug-likeness (QED) is 0.862. The van der Waals surface area contributed by atoms with Gasteiger partial charge in [-0.3, -0.25) is 0 Å². The van der Waals surface area contributed by atoms with Crippen molar-refractivity contribution in [3.8, 4) is 0 Å². The van der Waals surface area contributed by atoms with Crippen molar-refractivity contribution in [3.05, 3.63) is 35.4 Å². The van der Waals surface area contributed by atoms with E-state index in [0.29, 0.717) is 24.1 Å². The summed E-state index contributed by atoms with van der Waals surface area (Å²) in [6.07, 6.45) is 3.46. The lowest BCUT2D eigenvalue weighted by molar-refractivity contribution is 0.225. The lowest BCUT2D eigenvalue weighted by Crippen LogP contribution is -2.35. The molecule has 3 unspecified atom stereocenters. The Kier molecular flexibility index (Phi) is 4.33. The van der Waals surface area contributed by atoms with Crippen molar-refractivity contribution in [3.63, 3.8) is 0 Å². The normalized spacial score (nSPS) is 28.3. The van der Waals surface area contributed by atoms with Crippen molar-refractivity contribution in [2.75, 3.05) is 0 Å². The Morgan fingerprint density at radius 1 is 1.17 bits per heavy atom. The first-order chi connectivity index (χ1) is 8.56. The number of rotatable bonds is 3. The number of nitrogens with one attached hydrogen (secondary N) is 1. The summed E-state index contributed by atoms with van der Waals surface area (Å²) in [5.41, 5.74) is 0.418. The minimum Gasteiger partial charge on any atom is -0.310 e. The van der Waals surface area contributed by atoms with Crippen LogP contribution in [0.3, 0.4) is 0 Å². The fraction of sp³-hybridized carbons (Fsp3) is 0.600. The zero-order valence-electron chi connectivity index (χ0n) is 11.0. The van der Waals surface area contributed by atoms with Gasteiger partial charge in [-0.1, -0.05) is 13.8 Å². The Hall–Kier alpha value is -0.960. The average Bonchev–Trinajstić information content (AvgIpc) is 2.34. The summed E-state index contributed by atoms with van der Waals surface area (Å²) in [7, 11) is 0. The summed E-state index contributed by atoms with van der Waals surface area (Å²) < 4.78 is 26.5. The van der Waals surface area contributed by atoms with Crippen molar-refractivity contribution in [2.45, 2.75) is 45.7 Å². The lowest BCUT2D eigenvalue weighted by atomic mass is 9.79. The molecule has 100 valence electrons. The molecule has 0 aliphatic heterocycles. The molecule has 0 aromatic heterocycles. The van der Waals surface area contributed by atoms with Gasteiger partial charge in [0.25, 0.3) is 0 Å². The molecule has 1 aliphatic carbocycles. The minimum atomic E-state index is -0.376. The maximum atomic E-state index is 13.5. The van der Waals surface area contributed by atoms with Gasteiger partial charge in [0.15, 0.2) is 0 Å². The molecular weight excluding hydrogens is 232 g/mol. The molecule has 1 aliphatic rings. The first-order valence-electron chi connectivity index (χ1n) is 6.73. The van der Waals surface area contributed by atoms with Crippen LogP contribution in [0.25, 0.3) is 0 Å². The van der Waals surface area contributed by atoms with Gasteiger partial charge in [-0.25, -0.2) is 8.78 Å². The van der Waals surface area contributed by atoms with Crippen LogP contribution < -0.4 is 5.32 Å². The first-order valence-corrected chi connectivity index (χ1v) is 6.73. The van der Waals surface area contributed by atoms with E-state index in [-0.39, 0.29) is 11.6 Å². The number of benzene rings is 1. The first kappa shape index (κ1) is 13.5. The Balaban J connectivity index is 1.90. The van der Waals surface area contributed by atoms with Gasteiger partial charge < -0.3 is 5.32 Å². The van der Waals surface area contributed by atoms with Gasteiger partial charge in [0.05, 0.1) is 0 Å². The SMILES string of the molecule is CC1CCC(NCc2cc(F)ccc2F)CC1C. The van der Waals surface area contributed by atoms with Gasteiger partial charge in [-0.15, -0.1) is 0 Å². The predicted molar refractivity (Wildman–Crippen MR) is 69.2 cm³/mol. The fourth-order valence-electron chi connectivity index (χ4n) is 2.67. The molecule has 1 fully saturated rings. The minimum absolute atomic E-state index is 0.332. The van der Waals surface area contributed by atoms with E-state index in [9.17, 15) is 8.78 Å².